The SMILES string of the molecule is Cc1cccc(N2C[C@H]3C[C@H](O)[C@@H](NC(=O)Cc4ccc5c(c4)CCO5)C[C@H]3C2)n1. The quantitative estimate of drug-likeness (QED) is 0.813. The Morgan fingerprint density at radius 3 is 2.90 bits per heavy atom. The first-order valence-electron chi connectivity index (χ1n) is 11.0. The highest BCUT2D eigenvalue weighted by atomic mass is 16.5. The lowest BCUT2D eigenvalue weighted by Crippen LogP contribution is -2.49. The molecule has 0 unspecified atom stereocenters. The molecule has 4 atom stereocenters. The van der Waals surface area contributed by atoms with Gasteiger partial charge < -0.3 is 20.1 Å². The molecular formula is C24H29N3O3. The van der Waals surface area contributed by atoms with E-state index in [9.17, 15) is 9.90 Å². The third kappa shape index (κ3) is 3.88. The second kappa shape index (κ2) is 7.91. The van der Waals surface area contributed by atoms with Crippen LogP contribution in [0.4, 0.5) is 5.82 Å². The van der Waals surface area contributed by atoms with Crippen molar-refractivity contribution in [2.75, 3.05) is 24.6 Å². The normalized spacial score (nSPS) is 27.3. The summed E-state index contributed by atoms with van der Waals surface area (Å²) in [5, 5.41) is 13.8. The third-order valence-corrected chi connectivity index (χ3v) is 6.80. The molecule has 3 aliphatic rings. The molecule has 1 saturated carbocycles. The first-order chi connectivity index (χ1) is 14.5. The van der Waals surface area contributed by atoms with Crippen molar-refractivity contribution in [2.24, 2.45) is 11.8 Å². The number of amides is 1. The van der Waals surface area contributed by atoms with Crippen LogP contribution in [0.15, 0.2) is 36.4 Å². The van der Waals surface area contributed by atoms with Gasteiger partial charge in [-0.05, 0) is 60.9 Å². The van der Waals surface area contributed by atoms with Gasteiger partial charge in [0, 0.05) is 25.2 Å². The molecule has 1 amide bonds. The highest BCUT2D eigenvalue weighted by Gasteiger charge is 2.42. The minimum Gasteiger partial charge on any atom is -0.493 e. The molecule has 158 valence electrons. The largest absolute Gasteiger partial charge is 0.493 e. The molecule has 0 radical (unpaired) electrons. The van der Waals surface area contributed by atoms with Gasteiger partial charge in [0.15, 0.2) is 0 Å². The number of anilines is 1. The van der Waals surface area contributed by atoms with E-state index < -0.39 is 6.10 Å². The first kappa shape index (κ1) is 19.4. The van der Waals surface area contributed by atoms with E-state index in [-0.39, 0.29) is 11.9 Å². The average molecular weight is 408 g/mol. The topological polar surface area (TPSA) is 74.7 Å². The maximum Gasteiger partial charge on any atom is 0.224 e. The summed E-state index contributed by atoms with van der Waals surface area (Å²) in [6.07, 6.45) is 2.30. The van der Waals surface area contributed by atoms with E-state index in [1.54, 1.807) is 0 Å². The summed E-state index contributed by atoms with van der Waals surface area (Å²) in [5.74, 6) is 2.85. The smallest absolute Gasteiger partial charge is 0.224 e. The van der Waals surface area contributed by atoms with Crippen molar-refractivity contribution in [2.45, 2.75) is 44.8 Å². The van der Waals surface area contributed by atoms with E-state index in [1.165, 1.54) is 5.56 Å². The van der Waals surface area contributed by atoms with Crippen molar-refractivity contribution in [3.63, 3.8) is 0 Å². The van der Waals surface area contributed by atoms with Crippen molar-refractivity contribution in [1.29, 1.82) is 0 Å². The zero-order chi connectivity index (χ0) is 20.7. The fourth-order valence-corrected chi connectivity index (χ4v) is 5.27. The highest BCUT2D eigenvalue weighted by Crippen LogP contribution is 2.38. The summed E-state index contributed by atoms with van der Waals surface area (Å²) in [4.78, 5) is 19.6. The number of benzene rings is 1. The molecule has 6 nitrogen and oxygen atoms in total. The number of ether oxygens (including phenoxy) is 1. The van der Waals surface area contributed by atoms with Gasteiger partial charge in [-0.3, -0.25) is 4.79 Å². The molecular weight excluding hydrogens is 378 g/mol. The van der Waals surface area contributed by atoms with Gasteiger partial charge in [-0.1, -0.05) is 18.2 Å². The molecule has 1 aromatic heterocycles. The number of fused-ring (bicyclic) bond motifs is 2. The summed E-state index contributed by atoms with van der Waals surface area (Å²) in [5.41, 5.74) is 3.19. The third-order valence-electron chi connectivity index (χ3n) is 6.80. The molecule has 6 heteroatoms. The standard InChI is InChI=1S/C24H29N3O3/c1-15-3-2-4-23(25-15)27-13-18-11-20(21(28)12-19(18)14-27)26-24(29)10-16-5-6-22-17(9-16)7-8-30-22/h2-6,9,18-21,28H,7-8,10-14H2,1H3,(H,26,29)/t18-,19+,20-,21-/m0/s1. The Bertz CT molecular complexity index is 947. The molecule has 2 aliphatic heterocycles. The number of aromatic nitrogens is 1. The number of carbonyl (C=O) groups is 1. The van der Waals surface area contributed by atoms with E-state index in [0.29, 0.717) is 18.3 Å². The van der Waals surface area contributed by atoms with Crippen LogP contribution < -0.4 is 15.0 Å². The average Bonchev–Trinajstić information content (AvgIpc) is 3.34. The van der Waals surface area contributed by atoms with Crippen molar-refractivity contribution in [3.8, 4) is 5.75 Å². The predicted octanol–water partition coefficient (Wildman–Crippen LogP) is 2.26. The number of aliphatic hydroxyl groups excluding tert-OH is 1. The fraction of sp³-hybridized carbons (Fsp3) is 0.500. The minimum absolute atomic E-state index is 0.0217. The molecule has 1 aliphatic carbocycles. The van der Waals surface area contributed by atoms with Crippen LogP contribution in [-0.2, 0) is 17.6 Å². The maximum atomic E-state index is 12.7. The number of carbonyl (C=O) groups excluding carboxylic acids is 1. The molecule has 2 N–H and O–H groups in total. The first-order valence-corrected chi connectivity index (χ1v) is 11.0. The number of rotatable bonds is 4. The van der Waals surface area contributed by atoms with Gasteiger partial charge in [0.25, 0.3) is 0 Å². The summed E-state index contributed by atoms with van der Waals surface area (Å²) >= 11 is 0. The van der Waals surface area contributed by atoms with Crippen molar-refractivity contribution in [3.05, 3.63) is 53.2 Å². The lowest BCUT2D eigenvalue weighted by Gasteiger charge is -2.35. The van der Waals surface area contributed by atoms with Gasteiger partial charge in [-0.15, -0.1) is 0 Å². The summed E-state index contributed by atoms with van der Waals surface area (Å²) < 4.78 is 5.54. The van der Waals surface area contributed by atoms with Crippen LogP contribution in [0.3, 0.4) is 0 Å². The van der Waals surface area contributed by atoms with Crippen molar-refractivity contribution >= 4 is 11.7 Å². The number of nitrogens with one attached hydrogen (secondary N) is 1. The summed E-state index contributed by atoms with van der Waals surface area (Å²) in [6, 6.07) is 11.9. The Hall–Kier alpha value is -2.60. The van der Waals surface area contributed by atoms with Gasteiger partial charge in [-0.25, -0.2) is 4.98 Å². The van der Waals surface area contributed by atoms with E-state index in [4.69, 9.17) is 4.74 Å². The summed E-state index contributed by atoms with van der Waals surface area (Å²) in [6.45, 7) is 4.59. The lowest BCUT2D eigenvalue weighted by molar-refractivity contribution is -0.122. The lowest BCUT2D eigenvalue weighted by atomic mass is 9.77. The minimum atomic E-state index is -0.492. The molecule has 0 bridgehead atoms. The highest BCUT2D eigenvalue weighted by molar-refractivity contribution is 5.79. The predicted molar refractivity (Wildman–Crippen MR) is 115 cm³/mol. The van der Waals surface area contributed by atoms with E-state index in [1.807, 2.05) is 31.2 Å². The number of nitrogens with zero attached hydrogens (tertiary/aromatic N) is 2. The van der Waals surface area contributed by atoms with Gasteiger partial charge in [0.05, 0.1) is 25.2 Å². The zero-order valence-electron chi connectivity index (χ0n) is 17.4. The maximum absolute atomic E-state index is 12.7. The number of pyridine rings is 1. The molecule has 5 rings (SSSR count). The second-order valence-electron chi connectivity index (χ2n) is 8.99. The van der Waals surface area contributed by atoms with Crippen molar-refractivity contribution < 1.29 is 14.6 Å². The van der Waals surface area contributed by atoms with Gasteiger partial charge in [0.1, 0.15) is 11.6 Å². The Balaban J connectivity index is 1.20. The van der Waals surface area contributed by atoms with Crippen LogP contribution in [0.5, 0.6) is 5.75 Å². The molecule has 2 aromatic rings. The second-order valence-corrected chi connectivity index (χ2v) is 8.99. The Labute approximate surface area is 177 Å². The molecule has 3 heterocycles. The van der Waals surface area contributed by atoms with Gasteiger partial charge in [0.2, 0.25) is 5.91 Å². The number of aryl methyl sites for hydroxylation is 1. The molecule has 1 saturated heterocycles. The van der Waals surface area contributed by atoms with Crippen LogP contribution in [0, 0.1) is 18.8 Å². The number of aliphatic hydroxyl groups is 1. The van der Waals surface area contributed by atoms with E-state index in [0.717, 1.165) is 61.8 Å². The zero-order valence-corrected chi connectivity index (χ0v) is 17.4. The van der Waals surface area contributed by atoms with Crippen LogP contribution in [0.2, 0.25) is 0 Å². The van der Waals surface area contributed by atoms with Gasteiger partial charge in [-0.2, -0.15) is 0 Å². The molecule has 2 fully saturated rings. The van der Waals surface area contributed by atoms with Crippen LogP contribution in [0.1, 0.15) is 29.7 Å². The number of hydrogen-bond acceptors (Lipinski definition) is 5. The summed E-state index contributed by atoms with van der Waals surface area (Å²) in [7, 11) is 0. The molecule has 0 spiro atoms. The Kier molecular flexibility index (Phi) is 5.11. The fourth-order valence-electron chi connectivity index (χ4n) is 5.27. The van der Waals surface area contributed by atoms with Gasteiger partial charge >= 0.3 is 0 Å². The molecule has 1 aromatic carbocycles. The Morgan fingerprint density at radius 1 is 1.23 bits per heavy atom. The van der Waals surface area contributed by atoms with E-state index >= 15 is 0 Å². The number of hydrogen-bond donors (Lipinski definition) is 2. The van der Waals surface area contributed by atoms with Crippen LogP contribution >= 0.6 is 0 Å². The molecule has 30 heavy (non-hydrogen) atoms. The van der Waals surface area contributed by atoms with Crippen LogP contribution in [-0.4, -0.2) is 47.8 Å². The monoisotopic (exact) mass is 407 g/mol. The Morgan fingerprint density at radius 2 is 2.07 bits per heavy atom. The van der Waals surface area contributed by atoms with E-state index in [2.05, 4.69) is 27.3 Å². The van der Waals surface area contributed by atoms with Crippen molar-refractivity contribution in [1.82, 2.24) is 10.3 Å². The van der Waals surface area contributed by atoms with Crippen LogP contribution in [0.25, 0.3) is 0 Å².